The van der Waals surface area contributed by atoms with Gasteiger partial charge in [0, 0.05) is 0 Å². The third-order valence-corrected chi connectivity index (χ3v) is 2.82. The van der Waals surface area contributed by atoms with Gasteiger partial charge in [-0.3, -0.25) is 0 Å². The first-order chi connectivity index (χ1) is 10.7. The molecule has 0 saturated heterocycles. The van der Waals surface area contributed by atoms with Crippen LogP contribution in [0.2, 0.25) is 0 Å². The summed E-state index contributed by atoms with van der Waals surface area (Å²) in [6, 6.07) is 14.0. The van der Waals surface area contributed by atoms with E-state index < -0.39 is 5.97 Å². The molecule has 6 nitrogen and oxygen atoms in total. The highest BCUT2D eigenvalue weighted by Gasteiger charge is 2.01. The van der Waals surface area contributed by atoms with Gasteiger partial charge in [-0.25, -0.2) is 4.79 Å². The van der Waals surface area contributed by atoms with Crippen LogP contribution in [-0.4, -0.2) is 24.8 Å². The van der Waals surface area contributed by atoms with Gasteiger partial charge in [-0.05, 0) is 42.0 Å². The molecule has 6 heteroatoms. The van der Waals surface area contributed by atoms with E-state index in [0.29, 0.717) is 17.1 Å². The molecule has 0 amide bonds. The Bertz CT molecular complexity index is 636. The van der Waals surface area contributed by atoms with Crippen molar-refractivity contribution in [2.45, 2.75) is 6.61 Å². The van der Waals surface area contributed by atoms with Crippen LogP contribution >= 0.6 is 0 Å². The zero-order chi connectivity index (χ0) is 15.8. The number of hydrogen-bond donors (Lipinski definition) is 1. The molecule has 2 rings (SSSR count). The van der Waals surface area contributed by atoms with Crippen molar-refractivity contribution in [2.75, 3.05) is 13.7 Å². The molecule has 0 radical (unpaired) electrons. The maximum Gasteiger partial charge on any atom is 0.343 e. The van der Waals surface area contributed by atoms with Gasteiger partial charge in [-0.1, -0.05) is 12.1 Å². The van der Waals surface area contributed by atoms with Crippen molar-refractivity contribution in [3.8, 4) is 5.75 Å². The Morgan fingerprint density at radius 2 is 1.55 bits per heavy atom. The molecule has 0 aliphatic rings. The minimum Gasteiger partial charge on any atom is -0.482 e. The minimum absolute atomic E-state index is 0.00442. The number of carbonyl (C=O) groups is 1. The van der Waals surface area contributed by atoms with Crippen LogP contribution in [0.3, 0.4) is 0 Å². The number of rotatable bonds is 6. The smallest absolute Gasteiger partial charge is 0.343 e. The number of methoxy groups -OCH3 is 1. The Balaban J connectivity index is 1.95. The predicted molar refractivity (Wildman–Crippen MR) is 80.5 cm³/mol. The van der Waals surface area contributed by atoms with Crippen LogP contribution in [0.4, 0.5) is 11.4 Å². The van der Waals surface area contributed by atoms with Gasteiger partial charge in [0.05, 0.1) is 25.1 Å². The average Bonchev–Trinajstić information content (AvgIpc) is 2.59. The molecule has 0 spiro atoms. The molecule has 0 unspecified atom stereocenters. The summed E-state index contributed by atoms with van der Waals surface area (Å²) in [5, 5.41) is 17.2. The third-order valence-electron chi connectivity index (χ3n) is 2.82. The van der Waals surface area contributed by atoms with Crippen molar-refractivity contribution in [3.05, 3.63) is 54.1 Å². The van der Waals surface area contributed by atoms with Crippen LogP contribution in [0.25, 0.3) is 0 Å². The molecule has 0 aliphatic heterocycles. The molecule has 2 aromatic carbocycles. The van der Waals surface area contributed by atoms with Crippen molar-refractivity contribution in [2.24, 2.45) is 10.2 Å². The monoisotopic (exact) mass is 300 g/mol. The predicted octanol–water partition coefficient (Wildman–Crippen LogP) is 3.15. The molecule has 22 heavy (non-hydrogen) atoms. The summed E-state index contributed by atoms with van der Waals surface area (Å²) in [4.78, 5) is 11.0. The summed E-state index contributed by atoms with van der Waals surface area (Å²) in [6.45, 7) is -0.126. The van der Waals surface area contributed by atoms with E-state index in [1.807, 2.05) is 0 Å². The van der Waals surface area contributed by atoms with Crippen LogP contribution in [0, 0.1) is 0 Å². The topological polar surface area (TPSA) is 80.5 Å². The molecule has 1 N–H and O–H groups in total. The second kappa shape index (κ2) is 7.90. The lowest BCUT2D eigenvalue weighted by atomic mass is 10.2. The van der Waals surface area contributed by atoms with Crippen molar-refractivity contribution >= 4 is 17.3 Å². The van der Waals surface area contributed by atoms with Gasteiger partial charge in [-0.15, -0.1) is 0 Å². The number of ether oxygens (including phenoxy) is 2. The van der Waals surface area contributed by atoms with Gasteiger partial charge in [0.1, 0.15) is 5.75 Å². The van der Waals surface area contributed by atoms with Gasteiger partial charge < -0.3 is 14.6 Å². The maximum absolute atomic E-state index is 11.0. The number of carbonyl (C=O) groups excluding carboxylic acids is 1. The third kappa shape index (κ3) is 4.68. The normalized spacial score (nSPS) is 10.6. The van der Waals surface area contributed by atoms with Crippen molar-refractivity contribution in [3.63, 3.8) is 0 Å². The number of azo groups is 1. The van der Waals surface area contributed by atoms with E-state index in [4.69, 9.17) is 9.84 Å². The molecule has 0 aromatic heterocycles. The highest BCUT2D eigenvalue weighted by atomic mass is 16.6. The fraction of sp³-hybridized carbons (Fsp3) is 0.188. The zero-order valence-corrected chi connectivity index (χ0v) is 12.1. The molecule has 0 atom stereocenters. The van der Waals surface area contributed by atoms with Crippen LogP contribution in [0.5, 0.6) is 5.75 Å². The van der Waals surface area contributed by atoms with Gasteiger partial charge in [0.25, 0.3) is 0 Å². The number of esters is 1. The van der Waals surface area contributed by atoms with Crippen LogP contribution < -0.4 is 4.74 Å². The molecule has 0 fully saturated rings. The molecule has 0 aliphatic carbocycles. The first kappa shape index (κ1) is 15.7. The lowest BCUT2D eigenvalue weighted by Crippen LogP contribution is -2.12. The van der Waals surface area contributed by atoms with Crippen molar-refractivity contribution in [1.82, 2.24) is 0 Å². The Kier molecular flexibility index (Phi) is 5.62. The second-order valence-corrected chi connectivity index (χ2v) is 4.38. The molecule has 0 saturated carbocycles. The minimum atomic E-state index is -0.435. The Morgan fingerprint density at radius 3 is 2.05 bits per heavy atom. The fourth-order valence-electron chi connectivity index (χ4n) is 1.59. The van der Waals surface area contributed by atoms with Crippen LogP contribution in [0.15, 0.2) is 58.8 Å². The lowest BCUT2D eigenvalue weighted by Gasteiger charge is -2.04. The molecular formula is C16H16N2O4. The standard InChI is InChI=1S/C16H16N2O4/c1-21-16(20)11-22-15-8-6-14(7-9-15)18-17-13-4-2-12(10-19)3-5-13/h2-9,19H,10-11H2,1H3/b18-17+. The highest BCUT2D eigenvalue weighted by molar-refractivity contribution is 5.70. The molecule has 0 heterocycles. The quantitative estimate of drug-likeness (QED) is 0.656. The second-order valence-electron chi connectivity index (χ2n) is 4.38. The highest BCUT2D eigenvalue weighted by Crippen LogP contribution is 2.21. The molecular weight excluding hydrogens is 284 g/mol. The van der Waals surface area contributed by atoms with Gasteiger partial charge in [0.15, 0.2) is 6.61 Å². The zero-order valence-electron chi connectivity index (χ0n) is 12.1. The van der Waals surface area contributed by atoms with E-state index in [-0.39, 0.29) is 13.2 Å². The molecule has 0 bridgehead atoms. The SMILES string of the molecule is COC(=O)COc1ccc(/N=N/c2ccc(CO)cc2)cc1. The Hall–Kier alpha value is -2.73. The van der Waals surface area contributed by atoms with E-state index >= 15 is 0 Å². The Labute approximate surface area is 128 Å². The fourth-order valence-corrected chi connectivity index (χ4v) is 1.59. The van der Waals surface area contributed by atoms with E-state index in [1.54, 1.807) is 48.5 Å². The number of benzene rings is 2. The van der Waals surface area contributed by atoms with Gasteiger partial charge in [-0.2, -0.15) is 10.2 Å². The van der Waals surface area contributed by atoms with Crippen LogP contribution in [0.1, 0.15) is 5.56 Å². The van der Waals surface area contributed by atoms with E-state index in [1.165, 1.54) is 7.11 Å². The number of aliphatic hydroxyl groups excluding tert-OH is 1. The maximum atomic E-state index is 11.0. The number of nitrogens with zero attached hydrogens (tertiary/aromatic N) is 2. The van der Waals surface area contributed by atoms with Gasteiger partial charge in [0.2, 0.25) is 0 Å². The van der Waals surface area contributed by atoms with Gasteiger partial charge >= 0.3 is 5.97 Å². The summed E-state index contributed by atoms with van der Waals surface area (Å²) >= 11 is 0. The average molecular weight is 300 g/mol. The van der Waals surface area contributed by atoms with E-state index in [2.05, 4.69) is 15.0 Å². The summed E-state index contributed by atoms with van der Waals surface area (Å²) in [6.07, 6.45) is 0. The summed E-state index contributed by atoms with van der Waals surface area (Å²) < 4.78 is 9.72. The first-order valence-electron chi connectivity index (χ1n) is 6.62. The molecule has 114 valence electrons. The van der Waals surface area contributed by atoms with Crippen molar-refractivity contribution in [1.29, 1.82) is 0 Å². The van der Waals surface area contributed by atoms with Crippen LogP contribution in [-0.2, 0) is 16.1 Å². The Morgan fingerprint density at radius 1 is 1.00 bits per heavy atom. The summed E-state index contributed by atoms with van der Waals surface area (Å²) in [5.41, 5.74) is 2.19. The van der Waals surface area contributed by atoms with E-state index in [0.717, 1.165) is 5.56 Å². The molecule has 2 aromatic rings. The number of aliphatic hydroxyl groups is 1. The lowest BCUT2D eigenvalue weighted by molar-refractivity contribution is -0.142. The number of hydrogen-bond acceptors (Lipinski definition) is 6. The largest absolute Gasteiger partial charge is 0.482 e. The van der Waals surface area contributed by atoms with Crippen molar-refractivity contribution < 1.29 is 19.4 Å². The summed E-state index contributed by atoms with van der Waals surface area (Å²) in [5.74, 6) is 0.117. The first-order valence-corrected chi connectivity index (χ1v) is 6.62. The summed E-state index contributed by atoms with van der Waals surface area (Å²) in [7, 11) is 1.31. The van der Waals surface area contributed by atoms with E-state index in [9.17, 15) is 4.79 Å².